The maximum Gasteiger partial charge on any atom is 0.442 e. The zero-order chi connectivity index (χ0) is 26.7. The summed E-state index contributed by atoms with van der Waals surface area (Å²) >= 11 is 0. The lowest BCUT2D eigenvalue weighted by Gasteiger charge is -2.20. The van der Waals surface area contributed by atoms with Gasteiger partial charge in [0.1, 0.15) is 0 Å². The molecule has 10 nitrogen and oxygen atoms in total. The molecular weight excluding hydrogens is 513 g/mol. The van der Waals surface area contributed by atoms with Crippen LogP contribution in [0.1, 0.15) is 28.9 Å². The Labute approximate surface area is 210 Å². The fraction of sp³-hybridized carbons (Fsp3) is 0.348. The number of benzene rings is 1. The average molecular weight is 531 g/mol. The van der Waals surface area contributed by atoms with Gasteiger partial charge in [-0.3, -0.25) is 4.98 Å². The van der Waals surface area contributed by atoms with Gasteiger partial charge in [-0.25, -0.2) is 9.97 Å². The molecule has 1 atom stereocenters. The molecule has 15 heteroatoms. The summed E-state index contributed by atoms with van der Waals surface area (Å²) in [6.07, 6.45) is -2.71. The molecule has 0 saturated carbocycles. The second-order valence-corrected chi connectivity index (χ2v) is 9.01. The number of aliphatic hydroxyl groups is 1. The van der Waals surface area contributed by atoms with Gasteiger partial charge < -0.3 is 10.0 Å². The Morgan fingerprint density at radius 3 is 2.42 bits per heavy atom. The molecule has 0 unspecified atom stereocenters. The largest absolute Gasteiger partial charge is 0.442 e. The highest BCUT2D eigenvalue weighted by atomic mass is 19.4. The highest BCUT2D eigenvalue weighted by Gasteiger charge is 2.66. The number of aromatic nitrogens is 6. The van der Waals surface area contributed by atoms with Gasteiger partial charge in [-0.05, 0) is 18.1 Å². The van der Waals surface area contributed by atoms with Crippen LogP contribution in [0.25, 0.3) is 11.2 Å². The lowest BCUT2D eigenvalue weighted by atomic mass is 9.99. The first-order valence-electron chi connectivity index (χ1n) is 11.5. The van der Waals surface area contributed by atoms with E-state index in [-0.39, 0.29) is 46.8 Å². The van der Waals surface area contributed by atoms with Gasteiger partial charge in [0, 0.05) is 36.6 Å². The van der Waals surface area contributed by atoms with Gasteiger partial charge in [-0.1, -0.05) is 30.3 Å². The molecule has 196 valence electrons. The molecular formula is C23H18F5N9O. The van der Waals surface area contributed by atoms with E-state index in [9.17, 15) is 18.3 Å². The van der Waals surface area contributed by atoms with Crippen molar-refractivity contribution in [1.82, 2.24) is 29.9 Å². The predicted octanol–water partition coefficient (Wildman–Crippen LogP) is 3.56. The van der Waals surface area contributed by atoms with E-state index in [0.717, 1.165) is 11.0 Å². The quantitative estimate of drug-likeness (QED) is 0.378. The van der Waals surface area contributed by atoms with Gasteiger partial charge in [0.05, 0.1) is 12.6 Å². The summed E-state index contributed by atoms with van der Waals surface area (Å²) in [5.41, 5.74) is -3.25. The fourth-order valence-electron chi connectivity index (χ4n) is 4.43. The van der Waals surface area contributed by atoms with Crippen LogP contribution in [-0.4, -0.2) is 60.4 Å². The second kappa shape index (κ2) is 8.44. The molecule has 0 aliphatic carbocycles. The minimum atomic E-state index is -4.76. The highest BCUT2D eigenvalue weighted by molar-refractivity contribution is 5.83. The van der Waals surface area contributed by atoms with E-state index < -0.39 is 29.7 Å². The molecule has 0 spiro atoms. The van der Waals surface area contributed by atoms with Crippen LogP contribution in [0.3, 0.4) is 0 Å². The molecule has 1 fully saturated rings. The van der Waals surface area contributed by atoms with E-state index in [2.05, 4.69) is 35.4 Å². The summed E-state index contributed by atoms with van der Waals surface area (Å²) in [6.45, 7) is 0.215. The summed E-state index contributed by atoms with van der Waals surface area (Å²) in [7, 11) is 0. The number of nitrogens with zero attached hydrogens (tertiary/aromatic N) is 9. The van der Waals surface area contributed by atoms with Crippen molar-refractivity contribution in [2.45, 2.75) is 36.8 Å². The molecule has 0 radical (unpaired) electrons. The fourth-order valence-corrected chi connectivity index (χ4v) is 4.43. The van der Waals surface area contributed by atoms with Gasteiger partial charge in [-0.15, -0.1) is 20.4 Å². The van der Waals surface area contributed by atoms with Crippen molar-refractivity contribution < 1.29 is 27.1 Å². The molecule has 4 aromatic rings. The van der Waals surface area contributed by atoms with Gasteiger partial charge in [0.15, 0.2) is 11.3 Å². The predicted molar refractivity (Wildman–Crippen MR) is 121 cm³/mol. The summed E-state index contributed by atoms with van der Waals surface area (Å²) < 4.78 is 71.8. The van der Waals surface area contributed by atoms with Crippen molar-refractivity contribution in [2.75, 3.05) is 18.0 Å². The normalized spacial score (nSPS) is 18.9. The van der Waals surface area contributed by atoms with Crippen molar-refractivity contribution in [2.24, 2.45) is 10.2 Å². The van der Waals surface area contributed by atoms with Crippen LogP contribution in [0.2, 0.25) is 0 Å². The lowest BCUT2D eigenvalue weighted by molar-refractivity contribution is -0.166. The number of fused-ring (bicyclic) bond motifs is 1. The summed E-state index contributed by atoms with van der Waals surface area (Å²) in [6, 6.07) is 8.39. The van der Waals surface area contributed by atoms with Crippen molar-refractivity contribution in [3.8, 4) is 0 Å². The summed E-state index contributed by atoms with van der Waals surface area (Å²) in [5, 5.41) is 25.0. The molecule has 5 heterocycles. The minimum absolute atomic E-state index is 0.0531. The van der Waals surface area contributed by atoms with Crippen LogP contribution in [0.15, 0.2) is 59.0 Å². The van der Waals surface area contributed by atoms with E-state index in [4.69, 9.17) is 0 Å². The number of hydrogen-bond acceptors (Lipinski definition) is 9. The maximum atomic E-state index is 15.4. The Hall–Kier alpha value is -4.14. The second-order valence-electron chi connectivity index (χ2n) is 9.01. The first kappa shape index (κ1) is 24.2. The van der Waals surface area contributed by atoms with Gasteiger partial charge in [0.25, 0.3) is 0 Å². The number of pyridine rings is 1. The topological polar surface area (TPSA) is 118 Å². The molecule has 1 N–H and O–H groups in total. The third kappa shape index (κ3) is 3.93. The molecule has 6 rings (SSSR count). The molecule has 1 aromatic carbocycles. The van der Waals surface area contributed by atoms with E-state index in [1.165, 1.54) is 36.5 Å². The highest BCUT2D eigenvalue weighted by Crippen LogP contribution is 2.53. The Bertz CT molecular complexity index is 1530. The van der Waals surface area contributed by atoms with E-state index in [0.29, 0.717) is 13.0 Å². The number of β-amino-alcohol motifs (C(OH)–C–C–N with tert-alkyl or cyclic N) is 1. The SMILES string of the molecule is O[C@H]1CCN(c2nc(C(F)(F)c3ccccc3)nc3nn(Cc4ccncc4C4(C(F)(F)F)N=N4)nc23)C1. The average Bonchev–Trinajstić information content (AvgIpc) is 3.45. The molecule has 38 heavy (non-hydrogen) atoms. The Balaban J connectivity index is 1.44. The van der Waals surface area contributed by atoms with Gasteiger partial charge in [0.2, 0.25) is 11.5 Å². The molecule has 1 saturated heterocycles. The zero-order valence-corrected chi connectivity index (χ0v) is 19.4. The van der Waals surface area contributed by atoms with Crippen LogP contribution in [0, 0.1) is 0 Å². The van der Waals surface area contributed by atoms with Crippen molar-refractivity contribution in [3.05, 3.63) is 71.3 Å². The summed E-state index contributed by atoms with van der Waals surface area (Å²) in [4.78, 5) is 14.6. The number of anilines is 1. The third-order valence-corrected chi connectivity index (χ3v) is 6.45. The lowest BCUT2D eigenvalue weighted by Crippen LogP contribution is -2.31. The smallest absolute Gasteiger partial charge is 0.391 e. The number of alkyl halides is 5. The van der Waals surface area contributed by atoms with Crippen LogP contribution in [0.5, 0.6) is 0 Å². The Kier molecular flexibility index (Phi) is 5.38. The number of hydrogen-bond donors (Lipinski definition) is 1. The Morgan fingerprint density at radius 1 is 1.00 bits per heavy atom. The number of aliphatic hydroxyl groups excluding tert-OH is 1. The minimum Gasteiger partial charge on any atom is -0.391 e. The van der Waals surface area contributed by atoms with Crippen LogP contribution in [-0.2, 0) is 18.1 Å². The van der Waals surface area contributed by atoms with E-state index >= 15 is 8.78 Å². The van der Waals surface area contributed by atoms with Gasteiger partial charge >= 0.3 is 17.8 Å². The monoisotopic (exact) mass is 531 g/mol. The Morgan fingerprint density at radius 2 is 1.76 bits per heavy atom. The summed E-state index contributed by atoms with van der Waals surface area (Å²) in [5.74, 6) is -4.33. The van der Waals surface area contributed by atoms with Crippen LogP contribution < -0.4 is 4.90 Å². The van der Waals surface area contributed by atoms with Crippen molar-refractivity contribution in [1.29, 1.82) is 0 Å². The van der Waals surface area contributed by atoms with Crippen LogP contribution in [0.4, 0.5) is 27.8 Å². The van der Waals surface area contributed by atoms with Crippen molar-refractivity contribution in [3.63, 3.8) is 0 Å². The number of halogens is 5. The van der Waals surface area contributed by atoms with E-state index in [1.54, 1.807) is 11.0 Å². The van der Waals surface area contributed by atoms with Gasteiger partial charge in [-0.2, -0.15) is 26.7 Å². The first-order chi connectivity index (χ1) is 18.1. The molecule has 2 aliphatic heterocycles. The van der Waals surface area contributed by atoms with Crippen LogP contribution >= 0.6 is 0 Å². The molecule has 2 aliphatic rings. The zero-order valence-electron chi connectivity index (χ0n) is 19.4. The standard InChI is InChI=1S/C23H18F5N9O/c24-21(25,14-4-2-1-3-5-14)20-30-18-17(19(31-20)36-9-7-15(38)12-36)32-37(33-18)11-13-6-8-29-10-16(13)22(34-35-22)23(26,27)28/h1-6,8,10,15,38H,7,9,11-12H2/t15-/m0/s1. The number of rotatable bonds is 6. The van der Waals surface area contributed by atoms with Crippen molar-refractivity contribution >= 4 is 17.0 Å². The molecule has 0 amide bonds. The van der Waals surface area contributed by atoms with E-state index in [1.807, 2.05) is 0 Å². The first-order valence-corrected chi connectivity index (χ1v) is 11.5. The third-order valence-electron chi connectivity index (χ3n) is 6.45. The molecule has 3 aromatic heterocycles. The maximum absolute atomic E-state index is 15.4. The molecule has 0 bridgehead atoms.